The average Bonchev–Trinajstić information content (AvgIpc) is 2.38. The molecule has 0 amide bonds. The molecule has 1 unspecified atom stereocenters. The van der Waals surface area contributed by atoms with E-state index in [0.29, 0.717) is 6.04 Å². The summed E-state index contributed by atoms with van der Waals surface area (Å²) >= 11 is 0. The number of nitrogens with two attached hydrogens (primary N) is 1. The van der Waals surface area contributed by atoms with E-state index in [0.717, 1.165) is 24.7 Å². The SMILES string of the molecule is CC(C)CN1CCN(C(C)c2cccc(N)c2)CC1. The molecule has 0 aromatic heterocycles. The van der Waals surface area contributed by atoms with Crippen LogP contribution in [0.3, 0.4) is 0 Å². The summed E-state index contributed by atoms with van der Waals surface area (Å²) in [6, 6.07) is 8.75. The smallest absolute Gasteiger partial charge is 0.0321 e. The van der Waals surface area contributed by atoms with Crippen molar-refractivity contribution < 1.29 is 0 Å². The Hall–Kier alpha value is -1.06. The summed E-state index contributed by atoms with van der Waals surface area (Å²) in [6.07, 6.45) is 0. The first-order valence-electron chi connectivity index (χ1n) is 7.38. The lowest BCUT2D eigenvalue weighted by molar-refractivity contribution is 0.0948. The average molecular weight is 261 g/mol. The Morgan fingerprint density at radius 2 is 1.79 bits per heavy atom. The third-order valence-electron chi connectivity index (χ3n) is 3.97. The van der Waals surface area contributed by atoms with Crippen LogP contribution in [0, 0.1) is 5.92 Å². The van der Waals surface area contributed by atoms with E-state index in [2.05, 4.69) is 48.8 Å². The van der Waals surface area contributed by atoms with E-state index < -0.39 is 0 Å². The van der Waals surface area contributed by atoms with Gasteiger partial charge < -0.3 is 10.6 Å². The molecular formula is C16H27N3. The first-order chi connectivity index (χ1) is 9.06. The second-order valence-corrected chi connectivity index (χ2v) is 6.08. The van der Waals surface area contributed by atoms with Gasteiger partial charge in [-0.25, -0.2) is 0 Å². The fourth-order valence-corrected chi connectivity index (χ4v) is 2.88. The molecule has 1 aromatic rings. The van der Waals surface area contributed by atoms with E-state index in [1.54, 1.807) is 0 Å². The summed E-state index contributed by atoms with van der Waals surface area (Å²) in [5.41, 5.74) is 8.07. The van der Waals surface area contributed by atoms with Gasteiger partial charge in [-0.2, -0.15) is 0 Å². The highest BCUT2D eigenvalue weighted by Crippen LogP contribution is 2.23. The number of piperazine rings is 1. The van der Waals surface area contributed by atoms with Gasteiger partial charge in [0.1, 0.15) is 0 Å². The van der Waals surface area contributed by atoms with Crippen LogP contribution in [-0.4, -0.2) is 42.5 Å². The molecule has 1 aliphatic rings. The Balaban J connectivity index is 1.90. The van der Waals surface area contributed by atoms with Crippen molar-refractivity contribution in [2.75, 3.05) is 38.5 Å². The third kappa shape index (κ3) is 3.95. The second kappa shape index (κ2) is 6.40. The molecule has 3 nitrogen and oxygen atoms in total. The van der Waals surface area contributed by atoms with Gasteiger partial charge in [-0.05, 0) is 30.5 Å². The number of rotatable bonds is 4. The molecule has 3 heteroatoms. The molecule has 1 atom stereocenters. The van der Waals surface area contributed by atoms with Crippen LogP contribution < -0.4 is 5.73 Å². The van der Waals surface area contributed by atoms with E-state index in [1.807, 2.05) is 6.07 Å². The van der Waals surface area contributed by atoms with Crippen LogP contribution in [-0.2, 0) is 0 Å². The van der Waals surface area contributed by atoms with Gasteiger partial charge in [-0.3, -0.25) is 4.90 Å². The second-order valence-electron chi connectivity index (χ2n) is 6.08. The summed E-state index contributed by atoms with van der Waals surface area (Å²) in [5, 5.41) is 0. The Kier molecular flexibility index (Phi) is 4.83. The number of nitrogens with zero attached hydrogens (tertiary/aromatic N) is 2. The van der Waals surface area contributed by atoms with Gasteiger partial charge in [0.2, 0.25) is 0 Å². The monoisotopic (exact) mass is 261 g/mol. The maximum absolute atomic E-state index is 5.88. The molecule has 19 heavy (non-hydrogen) atoms. The van der Waals surface area contributed by atoms with E-state index in [-0.39, 0.29) is 0 Å². The fourth-order valence-electron chi connectivity index (χ4n) is 2.88. The summed E-state index contributed by atoms with van der Waals surface area (Å²) in [7, 11) is 0. The van der Waals surface area contributed by atoms with E-state index in [9.17, 15) is 0 Å². The maximum Gasteiger partial charge on any atom is 0.0321 e. The molecular weight excluding hydrogens is 234 g/mol. The summed E-state index contributed by atoms with van der Waals surface area (Å²) in [6.45, 7) is 12.8. The van der Waals surface area contributed by atoms with Crippen molar-refractivity contribution in [3.63, 3.8) is 0 Å². The van der Waals surface area contributed by atoms with Gasteiger partial charge in [0, 0.05) is 44.5 Å². The zero-order valence-electron chi connectivity index (χ0n) is 12.5. The summed E-state index contributed by atoms with van der Waals surface area (Å²) in [5.74, 6) is 0.762. The molecule has 0 aliphatic carbocycles. The predicted octanol–water partition coefficient (Wildman–Crippen LogP) is 2.60. The van der Waals surface area contributed by atoms with Crippen molar-refractivity contribution in [1.82, 2.24) is 9.80 Å². The minimum Gasteiger partial charge on any atom is -0.399 e. The number of hydrogen-bond donors (Lipinski definition) is 1. The minimum absolute atomic E-state index is 0.463. The van der Waals surface area contributed by atoms with Crippen molar-refractivity contribution in [3.05, 3.63) is 29.8 Å². The number of nitrogen functional groups attached to an aromatic ring is 1. The lowest BCUT2D eigenvalue weighted by atomic mass is 10.1. The highest BCUT2D eigenvalue weighted by molar-refractivity contribution is 5.41. The van der Waals surface area contributed by atoms with E-state index in [4.69, 9.17) is 5.73 Å². The molecule has 1 aromatic carbocycles. The predicted molar refractivity (Wildman–Crippen MR) is 82.1 cm³/mol. The summed E-state index contributed by atoms with van der Waals surface area (Å²) < 4.78 is 0. The number of hydrogen-bond acceptors (Lipinski definition) is 3. The van der Waals surface area contributed by atoms with Crippen LogP contribution in [0.4, 0.5) is 5.69 Å². The van der Waals surface area contributed by atoms with Crippen LogP contribution in [0.1, 0.15) is 32.4 Å². The lowest BCUT2D eigenvalue weighted by Gasteiger charge is -2.38. The van der Waals surface area contributed by atoms with Gasteiger partial charge in [0.05, 0.1) is 0 Å². The Labute approximate surface area is 117 Å². The van der Waals surface area contributed by atoms with Crippen molar-refractivity contribution in [2.45, 2.75) is 26.8 Å². The van der Waals surface area contributed by atoms with Crippen molar-refractivity contribution >= 4 is 5.69 Å². The van der Waals surface area contributed by atoms with Crippen molar-refractivity contribution in [3.8, 4) is 0 Å². The molecule has 2 N–H and O–H groups in total. The van der Waals surface area contributed by atoms with Gasteiger partial charge in [0.15, 0.2) is 0 Å². The number of anilines is 1. The molecule has 1 saturated heterocycles. The molecule has 1 heterocycles. The normalized spacial score (nSPS) is 19.8. The zero-order valence-corrected chi connectivity index (χ0v) is 12.5. The van der Waals surface area contributed by atoms with Crippen molar-refractivity contribution in [2.24, 2.45) is 5.92 Å². The molecule has 1 fully saturated rings. The molecule has 0 radical (unpaired) electrons. The van der Waals surface area contributed by atoms with Crippen LogP contribution in [0.5, 0.6) is 0 Å². The molecule has 0 spiro atoms. The highest BCUT2D eigenvalue weighted by atomic mass is 15.3. The standard InChI is InChI=1S/C16H27N3/c1-13(2)12-18-7-9-19(10-8-18)14(3)15-5-4-6-16(17)11-15/h4-6,11,13-14H,7-10,12,17H2,1-3H3. The molecule has 106 valence electrons. The minimum atomic E-state index is 0.463. The van der Waals surface area contributed by atoms with E-state index >= 15 is 0 Å². The van der Waals surface area contributed by atoms with Crippen LogP contribution in [0.2, 0.25) is 0 Å². The Bertz CT molecular complexity index is 395. The molecule has 0 bridgehead atoms. The first kappa shape index (κ1) is 14.4. The quantitative estimate of drug-likeness (QED) is 0.846. The summed E-state index contributed by atoms with van der Waals surface area (Å²) in [4.78, 5) is 5.14. The van der Waals surface area contributed by atoms with Crippen LogP contribution >= 0.6 is 0 Å². The molecule has 0 saturated carbocycles. The van der Waals surface area contributed by atoms with Crippen LogP contribution in [0.15, 0.2) is 24.3 Å². The van der Waals surface area contributed by atoms with Gasteiger partial charge in [-0.15, -0.1) is 0 Å². The maximum atomic E-state index is 5.88. The third-order valence-corrected chi connectivity index (χ3v) is 3.97. The highest BCUT2D eigenvalue weighted by Gasteiger charge is 2.22. The van der Waals surface area contributed by atoms with Gasteiger partial charge in [0.25, 0.3) is 0 Å². The lowest BCUT2D eigenvalue weighted by Crippen LogP contribution is -2.48. The first-order valence-corrected chi connectivity index (χ1v) is 7.38. The fraction of sp³-hybridized carbons (Fsp3) is 0.625. The Morgan fingerprint density at radius 1 is 1.11 bits per heavy atom. The Morgan fingerprint density at radius 3 is 2.37 bits per heavy atom. The largest absolute Gasteiger partial charge is 0.399 e. The topological polar surface area (TPSA) is 32.5 Å². The van der Waals surface area contributed by atoms with E-state index in [1.165, 1.54) is 25.2 Å². The zero-order chi connectivity index (χ0) is 13.8. The number of benzene rings is 1. The van der Waals surface area contributed by atoms with Crippen LogP contribution in [0.25, 0.3) is 0 Å². The van der Waals surface area contributed by atoms with Gasteiger partial charge in [-0.1, -0.05) is 26.0 Å². The molecule has 1 aliphatic heterocycles. The van der Waals surface area contributed by atoms with Crippen molar-refractivity contribution in [1.29, 1.82) is 0 Å². The molecule has 2 rings (SSSR count). The van der Waals surface area contributed by atoms with Gasteiger partial charge >= 0.3 is 0 Å².